The van der Waals surface area contributed by atoms with Crippen molar-refractivity contribution in [1.29, 1.82) is 0 Å². The van der Waals surface area contributed by atoms with Crippen LogP contribution < -0.4 is 0 Å². The van der Waals surface area contributed by atoms with Crippen LogP contribution in [-0.2, 0) is 19.1 Å². The number of carbonyl (C=O) groups is 2. The number of carbonyl (C=O) groups excluding carboxylic acids is 2. The van der Waals surface area contributed by atoms with E-state index in [4.69, 9.17) is 9.47 Å². The standard InChI is InChI=1S/C16H26O4/c1-4-8-19-14(17)16(15(18)20-9-5-2)11(3)12-6-7-13(16)10-12/h11-13H,4-10H2,1-3H3. The van der Waals surface area contributed by atoms with E-state index in [0.717, 1.165) is 32.1 Å². The quantitative estimate of drug-likeness (QED) is 0.555. The Morgan fingerprint density at radius 2 is 1.60 bits per heavy atom. The molecule has 0 spiro atoms. The molecule has 2 aliphatic carbocycles. The molecule has 3 atom stereocenters. The Balaban J connectivity index is 2.24. The number of hydrogen-bond acceptors (Lipinski definition) is 4. The maximum absolute atomic E-state index is 12.6. The molecule has 2 bridgehead atoms. The third kappa shape index (κ3) is 2.23. The molecule has 4 nitrogen and oxygen atoms in total. The Bertz CT molecular complexity index is 353. The van der Waals surface area contributed by atoms with Crippen LogP contribution in [0.25, 0.3) is 0 Å². The zero-order chi connectivity index (χ0) is 14.8. The SMILES string of the molecule is CCCOC(=O)C1(C(=O)OCCC)C2CCC(C2)C1C. The number of ether oxygens (including phenoxy) is 2. The van der Waals surface area contributed by atoms with Crippen LogP contribution >= 0.6 is 0 Å². The van der Waals surface area contributed by atoms with Gasteiger partial charge in [-0.25, -0.2) is 0 Å². The summed E-state index contributed by atoms with van der Waals surface area (Å²) < 4.78 is 10.7. The van der Waals surface area contributed by atoms with Crippen LogP contribution in [0.4, 0.5) is 0 Å². The second-order valence-corrected chi connectivity index (χ2v) is 6.20. The highest BCUT2D eigenvalue weighted by Gasteiger charge is 2.66. The fourth-order valence-corrected chi connectivity index (χ4v) is 4.04. The molecule has 0 saturated heterocycles. The summed E-state index contributed by atoms with van der Waals surface area (Å²) in [6.07, 6.45) is 4.57. The molecule has 2 fully saturated rings. The first-order valence-electron chi connectivity index (χ1n) is 7.93. The molecular formula is C16H26O4. The molecule has 0 aromatic carbocycles. The third-order valence-electron chi connectivity index (χ3n) is 5.09. The molecule has 0 aromatic rings. The highest BCUT2D eigenvalue weighted by molar-refractivity contribution is 6.01. The minimum Gasteiger partial charge on any atom is -0.465 e. The van der Waals surface area contributed by atoms with Crippen molar-refractivity contribution in [2.75, 3.05) is 13.2 Å². The number of esters is 2. The van der Waals surface area contributed by atoms with Crippen LogP contribution in [-0.4, -0.2) is 25.2 Å². The first-order valence-corrected chi connectivity index (χ1v) is 7.93. The van der Waals surface area contributed by atoms with Crippen LogP contribution in [0.5, 0.6) is 0 Å². The lowest BCUT2D eigenvalue weighted by atomic mass is 9.66. The fourth-order valence-electron chi connectivity index (χ4n) is 4.04. The van der Waals surface area contributed by atoms with E-state index < -0.39 is 5.41 Å². The molecular weight excluding hydrogens is 256 g/mol. The minimum absolute atomic E-state index is 0.0370. The van der Waals surface area contributed by atoms with Gasteiger partial charge in [-0.3, -0.25) is 9.59 Å². The Hall–Kier alpha value is -1.06. The van der Waals surface area contributed by atoms with Crippen LogP contribution in [0.15, 0.2) is 0 Å². The molecule has 0 aliphatic heterocycles. The second kappa shape index (κ2) is 6.15. The Labute approximate surface area is 121 Å². The van der Waals surface area contributed by atoms with Gasteiger partial charge >= 0.3 is 11.9 Å². The van der Waals surface area contributed by atoms with Crippen molar-refractivity contribution in [3.05, 3.63) is 0 Å². The van der Waals surface area contributed by atoms with Crippen molar-refractivity contribution < 1.29 is 19.1 Å². The zero-order valence-corrected chi connectivity index (χ0v) is 12.8. The molecule has 20 heavy (non-hydrogen) atoms. The monoisotopic (exact) mass is 282 g/mol. The molecule has 3 unspecified atom stereocenters. The Kier molecular flexibility index (Phi) is 4.71. The van der Waals surface area contributed by atoms with Gasteiger partial charge < -0.3 is 9.47 Å². The predicted octanol–water partition coefficient (Wildman–Crippen LogP) is 2.95. The summed E-state index contributed by atoms with van der Waals surface area (Å²) in [4.78, 5) is 25.2. The van der Waals surface area contributed by atoms with Crippen molar-refractivity contribution in [3.8, 4) is 0 Å². The van der Waals surface area contributed by atoms with E-state index in [9.17, 15) is 9.59 Å². The molecule has 2 rings (SSSR count). The first kappa shape index (κ1) is 15.3. The summed E-state index contributed by atoms with van der Waals surface area (Å²) in [5.41, 5.74) is -1.03. The third-order valence-corrected chi connectivity index (χ3v) is 5.09. The fraction of sp³-hybridized carbons (Fsp3) is 0.875. The van der Waals surface area contributed by atoms with Crippen molar-refractivity contribution in [1.82, 2.24) is 0 Å². The average Bonchev–Trinajstić information content (AvgIpc) is 3.02. The highest BCUT2D eigenvalue weighted by Crippen LogP contribution is 2.60. The minimum atomic E-state index is -1.03. The van der Waals surface area contributed by atoms with E-state index in [2.05, 4.69) is 0 Å². The molecule has 0 N–H and O–H groups in total. The van der Waals surface area contributed by atoms with Gasteiger partial charge in [0, 0.05) is 0 Å². The zero-order valence-electron chi connectivity index (χ0n) is 12.8. The molecule has 4 heteroatoms. The average molecular weight is 282 g/mol. The largest absolute Gasteiger partial charge is 0.465 e. The maximum atomic E-state index is 12.6. The van der Waals surface area contributed by atoms with Crippen molar-refractivity contribution >= 4 is 11.9 Å². The van der Waals surface area contributed by atoms with Gasteiger partial charge in [0.15, 0.2) is 5.41 Å². The molecule has 114 valence electrons. The van der Waals surface area contributed by atoms with E-state index in [1.54, 1.807) is 0 Å². The van der Waals surface area contributed by atoms with Gasteiger partial charge in [-0.15, -0.1) is 0 Å². The maximum Gasteiger partial charge on any atom is 0.324 e. The topological polar surface area (TPSA) is 52.6 Å². The highest BCUT2D eigenvalue weighted by atomic mass is 16.6. The predicted molar refractivity (Wildman–Crippen MR) is 74.9 cm³/mol. The van der Waals surface area contributed by atoms with E-state index >= 15 is 0 Å². The molecule has 0 radical (unpaired) electrons. The van der Waals surface area contributed by atoms with Crippen molar-refractivity contribution in [2.24, 2.45) is 23.2 Å². The molecule has 2 aliphatic rings. The summed E-state index contributed by atoms with van der Waals surface area (Å²) in [7, 11) is 0. The normalized spacial score (nSPS) is 30.2. The van der Waals surface area contributed by atoms with Gasteiger partial charge in [-0.2, -0.15) is 0 Å². The Morgan fingerprint density at radius 1 is 1.05 bits per heavy atom. The molecule has 2 saturated carbocycles. The van der Waals surface area contributed by atoms with Crippen LogP contribution in [0.3, 0.4) is 0 Å². The van der Waals surface area contributed by atoms with Crippen LogP contribution in [0.1, 0.15) is 52.9 Å². The Morgan fingerprint density at radius 3 is 2.00 bits per heavy atom. The summed E-state index contributed by atoms with van der Waals surface area (Å²) in [6, 6.07) is 0. The molecule has 0 aromatic heterocycles. The molecule has 0 heterocycles. The summed E-state index contributed by atoms with van der Waals surface area (Å²) in [6.45, 7) is 6.70. The molecule has 0 amide bonds. The van der Waals surface area contributed by atoms with Gasteiger partial charge in [0.25, 0.3) is 0 Å². The van der Waals surface area contributed by atoms with Crippen molar-refractivity contribution in [2.45, 2.75) is 52.9 Å². The van der Waals surface area contributed by atoms with E-state index in [0.29, 0.717) is 19.1 Å². The first-order chi connectivity index (χ1) is 9.58. The second-order valence-electron chi connectivity index (χ2n) is 6.20. The van der Waals surface area contributed by atoms with Gasteiger partial charge in [-0.05, 0) is 49.9 Å². The van der Waals surface area contributed by atoms with Gasteiger partial charge in [-0.1, -0.05) is 20.8 Å². The van der Waals surface area contributed by atoms with Crippen LogP contribution in [0, 0.1) is 23.2 Å². The lowest BCUT2D eigenvalue weighted by Gasteiger charge is -2.37. The van der Waals surface area contributed by atoms with E-state index in [-0.39, 0.29) is 23.8 Å². The smallest absolute Gasteiger partial charge is 0.324 e. The lowest BCUT2D eigenvalue weighted by molar-refractivity contribution is -0.181. The van der Waals surface area contributed by atoms with E-state index in [1.165, 1.54) is 0 Å². The summed E-state index contributed by atoms with van der Waals surface area (Å²) >= 11 is 0. The van der Waals surface area contributed by atoms with Crippen molar-refractivity contribution in [3.63, 3.8) is 0 Å². The van der Waals surface area contributed by atoms with Gasteiger partial charge in [0.1, 0.15) is 0 Å². The van der Waals surface area contributed by atoms with Gasteiger partial charge in [0.05, 0.1) is 13.2 Å². The number of fused-ring (bicyclic) bond motifs is 2. The number of rotatable bonds is 6. The van der Waals surface area contributed by atoms with Crippen LogP contribution in [0.2, 0.25) is 0 Å². The van der Waals surface area contributed by atoms with Gasteiger partial charge in [0.2, 0.25) is 0 Å². The summed E-state index contributed by atoms with van der Waals surface area (Å²) in [5, 5.41) is 0. The van der Waals surface area contributed by atoms with E-state index in [1.807, 2.05) is 20.8 Å². The summed E-state index contributed by atoms with van der Waals surface area (Å²) in [5.74, 6) is -0.0881. The number of hydrogen-bond donors (Lipinski definition) is 0. The lowest BCUT2D eigenvalue weighted by Crippen LogP contribution is -2.50.